The number of likely N-dealkylation sites (tertiary alicyclic amines) is 1. The number of ether oxygens (including phenoxy) is 3. The number of aliphatic hydroxyl groups is 1. The summed E-state index contributed by atoms with van der Waals surface area (Å²) >= 11 is 0. The van der Waals surface area contributed by atoms with Crippen LogP contribution in [0.5, 0.6) is 11.5 Å². The van der Waals surface area contributed by atoms with Crippen molar-refractivity contribution in [2.75, 3.05) is 33.5 Å². The summed E-state index contributed by atoms with van der Waals surface area (Å²) in [5, 5.41) is 11.1. The summed E-state index contributed by atoms with van der Waals surface area (Å²) in [5.74, 6) is -0.244. The van der Waals surface area contributed by atoms with Crippen molar-refractivity contribution in [1.29, 1.82) is 0 Å². The highest BCUT2D eigenvalue weighted by Gasteiger charge is 2.45. The molecule has 0 saturated carbocycles. The van der Waals surface area contributed by atoms with E-state index >= 15 is 0 Å². The van der Waals surface area contributed by atoms with Crippen LogP contribution in [0.15, 0.2) is 54.1 Å². The normalized spacial score (nSPS) is 17.4. The van der Waals surface area contributed by atoms with Gasteiger partial charge in [0.05, 0.1) is 24.8 Å². The highest BCUT2D eigenvalue weighted by atomic mass is 16.5. The molecule has 1 heterocycles. The molecule has 1 fully saturated rings. The number of aliphatic hydroxyl groups excluding tert-OH is 1. The topological polar surface area (TPSA) is 85.3 Å². The van der Waals surface area contributed by atoms with Crippen LogP contribution in [-0.4, -0.2) is 55.2 Å². The fourth-order valence-corrected chi connectivity index (χ4v) is 3.86. The van der Waals surface area contributed by atoms with Gasteiger partial charge in [0.25, 0.3) is 11.7 Å². The van der Waals surface area contributed by atoms with Gasteiger partial charge in [0.2, 0.25) is 0 Å². The number of benzene rings is 2. The summed E-state index contributed by atoms with van der Waals surface area (Å²) in [4.78, 5) is 27.5. The van der Waals surface area contributed by atoms with Crippen LogP contribution in [0.25, 0.3) is 5.76 Å². The Kier molecular flexibility index (Phi) is 8.49. The average Bonchev–Trinajstić information content (AvgIpc) is 3.08. The zero-order chi connectivity index (χ0) is 23.8. The second-order valence-electron chi connectivity index (χ2n) is 7.72. The predicted octanol–water partition coefficient (Wildman–Crippen LogP) is 4.33. The van der Waals surface area contributed by atoms with Gasteiger partial charge in [0, 0.05) is 25.8 Å². The Morgan fingerprint density at radius 1 is 1.00 bits per heavy atom. The molecule has 0 aromatic heterocycles. The second-order valence-corrected chi connectivity index (χ2v) is 7.72. The van der Waals surface area contributed by atoms with E-state index in [9.17, 15) is 14.7 Å². The van der Waals surface area contributed by atoms with Crippen LogP contribution < -0.4 is 9.47 Å². The standard InChI is InChI=1S/C26H31NO6/c1-4-15-33-21-9-6-8-19(17-21)23-22(25(29)26(30)27(23)14-7-16-31-3)24(28)18-10-12-20(13-11-18)32-5-2/h6,8-13,17,23,28H,4-5,7,14-16H2,1-3H3/b24-22-. The van der Waals surface area contributed by atoms with Crippen molar-refractivity contribution in [1.82, 2.24) is 4.90 Å². The Balaban J connectivity index is 2.06. The smallest absolute Gasteiger partial charge is 0.295 e. The SMILES string of the molecule is CCCOc1cccc(C2/C(=C(/O)c3ccc(OCC)cc3)C(=O)C(=O)N2CCCOC)c1. The Morgan fingerprint density at radius 2 is 1.76 bits per heavy atom. The molecule has 0 aliphatic carbocycles. The largest absolute Gasteiger partial charge is 0.507 e. The maximum absolute atomic E-state index is 13.1. The van der Waals surface area contributed by atoms with Crippen LogP contribution in [0, 0.1) is 0 Å². The molecule has 1 N–H and O–H groups in total. The Labute approximate surface area is 194 Å². The Hall–Kier alpha value is -3.32. The third-order valence-corrected chi connectivity index (χ3v) is 5.37. The molecule has 176 valence electrons. The van der Waals surface area contributed by atoms with Gasteiger partial charge in [-0.25, -0.2) is 0 Å². The van der Waals surface area contributed by atoms with E-state index < -0.39 is 17.7 Å². The van der Waals surface area contributed by atoms with Gasteiger partial charge in [-0.1, -0.05) is 19.1 Å². The summed E-state index contributed by atoms with van der Waals surface area (Å²) in [5.41, 5.74) is 1.21. The van der Waals surface area contributed by atoms with Crippen molar-refractivity contribution in [2.45, 2.75) is 32.7 Å². The molecule has 0 radical (unpaired) electrons. The van der Waals surface area contributed by atoms with Gasteiger partial charge in [-0.2, -0.15) is 0 Å². The van der Waals surface area contributed by atoms with Crippen molar-refractivity contribution in [3.05, 3.63) is 65.2 Å². The number of ketones is 1. The lowest BCUT2D eigenvalue weighted by molar-refractivity contribution is -0.140. The van der Waals surface area contributed by atoms with Gasteiger partial charge in [0.1, 0.15) is 17.3 Å². The first kappa shape index (κ1) is 24.3. The molecule has 2 aromatic carbocycles. The molecule has 7 nitrogen and oxygen atoms in total. The van der Waals surface area contributed by atoms with Crippen LogP contribution in [0.2, 0.25) is 0 Å². The molecular weight excluding hydrogens is 422 g/mol. The molecule has 7 heteroatoms. The minimum absolute atomic E-state index is 0.0641. The molecule has 1 saturated heterocycles. The van der Waals surface area contributed by atoms with Crippen LogP contribution in [0.4, 0.5) is 0 Å². The molecule has 3 rings (SSSR count). The first-order chi connectivity index (χ1) is 16.0. The molecule has 1 amide bonds. The zero-order valence-corrected chi connectivity index (χ0v) is 19.4. The third-order valence-electron chi connectivity index (χ3n) is 5.37. The van der Waals surface area contributed by atoms with Crippen molar-refractivity contribution in [2.24, 2.45) is 0 Å². The van der Waals surface area contributed by atoms with Gasteiger partial charge < -0.3 is 24.2 Å². The molecule has 1 aliphatic rings. The molecule has 0 spiro atoms. The van der Waals surface area contributed by atoms with E-state index in [1.807, 2.05) is 38.1 Å². The second kappa shape index (κ2) is 11.5. The zero-order valence-electron chi connectivity index (χ0n) is 19.4. The van der Waals surface area contributed by atoms with Crippen molar-refractivity contribution in [3.8, 4) is 11.5 Å². The summed E-state index contributed by atoms with van der Waals surface area (Å²) < 4.78 is 16.3. The molecule has 0 bridgehead atoms. The lowest BCUT2D eigenvalue weighted by Gasteiger charge is -2.25. The van der Waals surface area contributed by atoms with Crippen LogP contribution in [-0.2, 0) is 14.3 Å². The average molecular weight is 454 g/mol. The van der Waals surface area contributed by atoms with Crippen molar-refractivity contribution < 1.29 is 28.9 Å². The number of carbonyl (C=O) groups excluding carboxylic acids is 2. The Morgan fingerprint density at radius 3 is 2.42 bits per heavy atom. The molecule has 1 aliphatic heterocycles. The third kappa shape index (κ3) is 5.54. The number of hydrogen-bond acceptors (Lipinski definition) is 6. The van der Waals surface area contributed by atoms with Crippen LogP contribution >= 0.6 is 0 Å². The van der Waals surface area contributed by atoms with Crippen LogP contribution in [0.1, 0.15) is 43.9 Å². The van der Waals surface area contributed by atoms with Gasteiger partial charge in [0.15, 0.2) is 0 Å². The fraction of sp³-hybridized carbons (Fsp3) is 0.385. The summed E-state index contributed by atoms with van der Waals surface area (Å²) in [6.07, 6.45) is 1.42. The Bertz CT molecular complexity index is 998. The maximum Gasteiger partial charge on any atom is 0.295 e. The van der Waals surface area contributed by atoms with Gasteiger partial charge in [-0.15, -0.1) is 0 Å². The quantitative estimate of drug-likeness (QED) is 0.236. The number of rotatable bonds is 11. The van der Waals surface area contributed by atoms with E-state index in [4.69, 9.17) is 14.2 Å². The first-order valence-corrected chi connectivity index (χ1v) is 11.2. The van der Waals surface area contributed by atoms with E-state index in [0.29, 0.717) is 55.4 Å². The highest BCUT2D eigenvalue weighted by Crippen LogP contribution is 2.40. The van der Waals surface area contributed by atoms with E-state index in [1.54, 1.807) is 31.4 Å². The fourth-order valence-electron chi connectivity index (χ4n) is 3.86. The molecule has 2 aromatic rings. The number of hydrogen-bond donors (Lipinski definition) is 1. The van der Waals surface area contributed by atoms with Crippen LogP contribution in [0.3, 0.4) is 0 Å². The lowest BCUT2D eigenvalue weighted by atomic mass is 9.95. The summed E-state index contributed by atoms with van der Waals surface area (Å²) in [6.45, 7) is 5.76. The number of carbonyl (C=O) groups is 2. The lowest BCUT2D eigenvalue weighted by Crippen LogP contribution is -2.31. The van der Waals surface area contributed by atoms with Gasteiger partial charge >= 0.3 is 0 Å². The minimum atomic E-state index is -0.724. The molecular formula is C26H31NO6. The number of amides is 1. The number of nitrogens with zero attached hydrogens (tertiary/aromatic N) is 1. The van der Waals surface area contributed by atoms with Gasteiger partial charge in [-0.05, 0) is 61.7 Å². The first-order valence-electron chi connectivity index (χ1n) is 11.2. The number of Topliss-reactive ketones (excluding diaryl/α,β-unsaturated/α-hetero) is 1. The monoisotopic (exact) mass is 453 g/mol. The molecule has 33 heavy (non-hydrogen) atoms. The van der Waals surface area contributed by atoms with E-state index in [0.717, 1.165) is 6.42 Å². The maximum atomic E-state index is 13.1. The summed E-state index contributed by atoms with van der Waals surface area (Å²) in [7, 11) is 1.59. The van der Waals surface area contributed by atoms with E-state index in [1.165, 1.54) is 4.90 Å². The predicted molar refractivity (Wildman–Crippen MR) is 125 cm³/mol. The summed E-state index contributed by atoms with van der Waals surface area (Å²) in [6, 6.07) is 13.4. The van der Waals surface area contributed by atoms with E-state index in [2.05, 4.69) is 0 Å². The van der Waals surface area contributed by atoms with E-state index in [-0.39, 0.29) is 11.3 Å². The molecule has 1 atom stereocenters. The van der Waals surface area contributed by atoms with Crippen molar-refractivity contribution >= 4 is 17.4 Å². The highest BCUT2D eigenvalue weighted by molar-refractivity contribution is 6.46. The molecule has 1 unspecified atom stereocenters. The van der Waals surface area contributed by atoms with Gasteiger partial charge in [-0.3, -0.25) is 9.59 Å². The minimum Gasteiger partial charge on any atom is -0.507 e. The van der Waals surface area contributed by atoms with Crippen molar-refractivity contribution in [3.63, 3.8) is 0 Å². The number of methoxy groups -OCH3 is 1.